The van der Waals surface area contributed by atoms with Crippen LogP contribution in [-0.2, 0) is 16.1 Å². The molecule has 0 saturated carbocycles. The number of rotatable bonds is 12. The van der Waals surface area contributed by atoms with Crippen molar-refractivity contribution in [2.75, 3.05) is 13.2 Å². The van der Waals surface area contributed by atoms with E-state index >= 15 is 0 Å². The Balaban J connectivity index is 1.52. The summed E-state index contributed by atoms with van der Waals surface area (Å²) in [5.74, 6) is 0.407. The minimum Gasteiger partial charge on any atom is -0.494 e. The number of halogens is 1. The zero-order valence-electron chi connectivity index (χ0n) is 21.3. The fourth-order valence-corrected chi connectivity index (χ4v) is 4.06. The third kappa shape index (κ3) is 6.85. The van der Waals surface area contributed by atoms with Crippen molar-refractivity contribution in [3.8, 4) is 5.75 Å². The highest BCUT2D eigenvalue weighted by atomic mass is 19.1. The van der Waals surface area contributed by atoms with Gasteiger partial charge in [0, 0.05) is 31.6 Å². The zero-order valence-corrected chi connectivity index (χ0v) is 21.3. The van der Waals surface area contributed by atoms with Crippen LogP contribution in [0.25, 0.3) is 6.08 Å². The molecule has 0 spiro atoms. The van der Waals surface area contributed by atoms with Crippen LogP contribution in [-0.4, -0.2) is 41.8 Å². The molecule has 1 heterocycles. The molecular formula is C30H32FN3O4. The molecule has 0 radical (unpaired) electrons. The van der Waals surface area contributed by atoms with Gasteiger partial charge in [-0.05, 0) is 54.4 Å². The highest BCUT2D eigenvalue weighted by molar-refractivity contribution is 6.00. The standard InChI is InChI=1S/C30H32FN3O4/c1-22-30(18-5-9-23-7-3-2-4-8-23,29(36)34-32-21-24-10-14-26(31)15-11-24)33-28(38-22)25-12-16-27(17-13-25)37-20-6-19-35/h2-5,7-17,22,32,35H,6,18-21H2,1H3,(H,34,36)/b9-5+/t22-,30-/m0/s1. The Bertz CT molecular complexity index is 1250. The lowest BCUT2D eigenvalue weighted by Crippen LogP contribution is -2.54. The molecule has 0 aliphatic carbocycles. The van der Waals surface area contributed by atoms with Crippen LogP contribution >= 0.6 is 0 Å². The van der Waals surface area contributed by atoms with Crippen molar-refractivity contribution in [1.29, 1.82) is 0 Å². The van der Waals surface area contributed by atoms with Gasteiger partial charge < -0.3 is 14.6 Å². The topological polar surface area (TPSA) is 92.2 Å². The Morgan fingerprint density at radius 2 is 1.84 bits per heavy atom. The molecule has 1 amide bonds. The van der Waals surface area contributed by atoms with Crippen molar-refractivity contribution in [2.45, 2.75) is 38.0 Å². The fourth-order valence-electron chi connectivity index (χ4n) is 4.06. The second-order valence-corrected chi connectivity index (χ2v) is 9.00. The highest BCUT2D eigenvalue weighted by Crippen LogP contribution is 2.33. The Morgan fingerprint density at radius 1 is 1.11 bits per heavy atom. The first-order chi connectivity index (χ1) is 18.5. The first kappa shape index (κ1) is 27.0. The summed E-state index contributed by atoms with van der Waals surface area (Å²) < 4.78 is 24.9. The second-order valence-electron chi connectivity index (χ2n) is 9.00. The lowest BCUT2D eigenvalue weighted by atomic mass is 9.89. The van der Waals surface area contributed by atoms with Gasteiger partial charge in [0.25, 0.3) is 5.91 Å². The van der Waals surface area contributed by atoms with Crippen LogP contribution in [0.1, 0.15) is 36.5 Å². The van der Waals surface area contributed by atoms with Gasteiger partial charge in [-0.3, -0.25) is 10.2 Å². The van der Waals surface area contributed by atoms with Gasteiger partial charge in [-0.2, -0.15) is 0 Å². The third-order valence-corrected chi connectivity index (χ3v) is 6.27. The summed E-state index contributed by atoms with van der Waals surface area (Å²) in [7, 11) is 0. The Hall–Kier alpha value is -4.01. The van der Waals surface area contributed by atoms with Crippen molar-refractivity contribution >= 4 is 17.9 Å². The van der Waals surface area contributed by atoms with Crippen LogP contribution in [0.2, 0.25) is 0 Å². The smallest absolute Gasteiger partial charge is 0.266 e. The molecular weight excluding hydrogens is 485 g/mol. The van der Waals surface area contributed by atoms with Gasteiger partial charge in [0.05, 0.1) is 6.61 Å². The predicted octanol–water partition coefficient (Wildman–Crippen LogP) is 4.42. The number of carbonyl (C=O) groups is 1. The molecule has 198 valence electrons. The van der Waals surface area contributed by atoms with E-state index in [0.717, 1.165) is 16.7 Å². The van der Waals surface area contributed by atoms with Crippen LogP contribution in [0.5, 0.6) is 5.75 Å². The van der Waals surface area contributed by atoms with Crippen LogP contribution in [0.15, 0.2) is 89.9 Å². The lowest BCUT2D eigenvalue weighted by molar-refractivity contribution is -0.129. The van der Waals surface area contributed by atoms with Gasteiger partial charge in [0.1, 0.15) is 17.7 Å². The molecule has 1 aliphatic rings. The number of aliphatic imine (C=N–C) groups is 1. The van der Waals surface area contributed by atoms with E-state index in [1.807, 2.05) is 73.7 Å². The van der Waals surface area contributed by atoms with Gasteiger partial charge in [0.2, 0.25) is 5.90 Å². The number of benzene rings is 3. The summed E-state index contributed by atoms with van der Waals surface area (Å²) in [6, 6.07) is 23.2. The average Bonchev–Trinajstić information content (AvgIpc) is 3.28. The van der Waals surface area contributed by atoms with E-state index in [1.54, 1.807) is 12.1 Å². The molecule has 2 atom stereocenters. The fraction of sp³-hybridized carbons (Fsp3) is 0.267. The minimum atomic E-state index is -1.20. The summed E-state index contributed by atoms with van der Waals surface area (Å²) in [5.41, 5.74) is 7.08. The Morgan fingerprint density at radius 3 is 2.55 bits per heavy atom. The molecule has 0 fully saturated rings. The predicted molar refractivity (Wildman–Crippen MR) is 145 cm³/mol. The maximum Gasteiger partial charge on any atom is 0.266 e. The monoisotopic (exact) mass is 517 g/mol. The second kappa shape index (κ2) is 13.0. The van der Waals surface area contributed by atoms with E-state index in [4.69, 9.17) is 19.6 Å². The largest absolute Gasteiger partial charge is 0.494 e. The molecule has 0 bridgehead atoms. The first-order valence-corrected chi connectivity index (χ1v) is 12.6. The van der Waals surface area contributed by atoms with Crippen LogP contribution in [0, 0.1) is 5.82 Å². The number of amides is 1. The number of aliphatic hydroxyl groups is 1. The van der Waals surface area contributed by atoms with E-state index in [2.05, 4.69) is 10.9 Å². The van der Waals surface area contributed by atoms with Gasteiger partial charge in [-0.15, -0.1) is 0 Å². The van der Waals surface area contributed by atoms with E-state index in [1.165, 1.54) is 12.1 Å². The maximum absolute atomic E-state index is 13.5. The number of hydrazine groups is 1. The Labute approximate surface area is 222 Å². The van der Waals surface area contributed by atoms with Gasteiger partial charge in [-0.25, -0.2) is 14.8 Å². The van der Waals surface area contributed by atoms with E-state index in [-0.39, 0.29) is 18.3 Å². The molecule has 1 aliphatic heterocycles. The number of nitrogens with zero attached hydrogens (tertiary/aromatic N) is 1. The molecule has 38 heavy (non-hydrogen) atoms. The normalized spacial score (nSPS) is 18.7. The number of hydrogen-bond donors (Lipinski definition) is 3. The SMILES string of the molecule is C[C@@H]1OC(c2ccc(OCCCO)cc2)=N[C@]1(C/C=C/c1ccccc1)C(=O)NNCc1ccc(F)cc1. The van der Waals surface area contributed by atoms with Crippen molar-refractivity contribution < 1.29 is 23.8 Å². The van der Waals surface area contributed by atoms with Gasteiger partial charge in [0.15, 0.2) is 5.54 Å². The molecule has 0 saturated heterocycles. The van der Waals surface area contributed by atoms with Gasteiger partial charge in [-0.1, -0.05) is 54.6 Å². The van der Waals surface area contributed by atoms with E-state index in [9.17, 15) is 9.18 Å². The molecule has 4 rings (SSSR count). The third-order valence-electron chi connectivity index (χ3n) is 6.27. The average molecular weight is 518 g/mol. The molecule has 7 nitrogen and oxygen atoms in total. The number of nitrogens with one attached hydrogen (secondary N) is 2. The van der Waals surface area contributed by atoms with Crippen LogP contribution in [0.3, 0.4) is 0 Å². The molecule has 0 unspecified atom stereocenters. The van der Waals surface area contributed by atoms with Crippen molar-refractivity contribution in [2.24, 2.45) is 4.99 Å². The van der Waals surface area contributed by atoms with Crippen LogP contribution in [0.4, 0.5) is 4.39 Å². The van der Waals surface area contributed by atoms with E-state index < -0.39 is 11.6 Å². The number of carbonyl (C=O) groups excluding carboxylic acids is 1. The lowest BCUT2D eigenvalue weighted by Gasteiger charge is -2.27. The molecule has 3 N–H and O–H groups in total. The Kier molecular flexibility index (Phi) is 9.24. The molecule has 0 aromatic heterocycles. The van der Waals surface area contributed by atoms with E-state index in [0.29, 0.717) is 37.6 Å². The summed E-state index contributed by atoms with van der Waals surface area (Å²) in [6.45, 7) is 2.65. The summed E-state index contributed by atoms with van der Waals surface area (Å²) >= 11 is 0. The van der Waals surface area contributed by atoms with Crippen molar-refractivity contribution in [3.05, 3.63) is 107 Å². The number of aliphatic hydroxyl groups excluding tert-OH is 1. The van der Waals surface area contributed by atoms with Crippen molar-refractivity contribution in [3.63, 3.8) is 0 Å². The molecule has 8 heteroatoms. The van der Waals surface area contributed by atoms with Gasteiger partial charge >= 0.3 is 0 Å². The number of ether oxygens (including phenoxy) is 2. The minimum absolute atomic E-state index is 0.0717. The summed E-state index contributed by atoms with van der Waals surface area (Å²) in [4.78, 5) is 18.4. The highest BCUT2D eigenvalue weighted by Gasteiger charge is 2.49. The first-order valence-electron chi connectivity index (χ1n) is 12.6. The summed E-state index contributed by atoms with van der Waals surface area (Å²) in [6.07, 6.45) is 4.22. The number of hydrogen-bond acceptors (Lipinski definition) is 6. The summed E-state index contributed by atoms with van der Waals surface area (Å²) in [5, 5.41) is 8.93. The quantitative estimate of drug-likeness (QED) is 0.244. The molecule has 3 aromatic carbocycles. The van der Waals surface area contributed by atoms with Crippen LogP contribution < -0.4 is 15.6 Å². The zero-order chi connectivity index (χ0) is 26.8. The molecule has 3 aromatic rings. The maximum atomic E-state index is 13.5. The van der Waals surface area contributed by atoms with Crippen molar-refractivity contribution in [1.82, 2.24) is 10.9 Å².